The summed E-state index contributed by atoms with van der Waals surface area (Å²) in [5.74, 6) is 1.03. The first-order valence-electron chi connectivity index (χ1n) is 6.73. The Bertz CT molecular complexity index is 484. The Balaban J connectivity index is 2.48. The van der Waals surface area contributed by atoms with E-state index in [1.807, 2.05) is 0 Å². The van der Waals surface area contributed by atoms with E-state index in [1.54, 1.807) is 32.4 Å². The van der Waals surface area contributed by atoms with Gasteiger partial charge in [-0.2, -0.15) is 0 Å². The number of hydrogen-bond acceptors (Lipinski definition) is 4. The van der Waals surface area contributed by atoms with Crippen LogP contribution >= 0.6 is 8.46 Å². The zero-order valence-corrected chi connectivity index (χ0v) is 12.7. The van der Waals surface area contributed by atoms with Gasteiger partial charge in [0, 0.05) is 11.6 Å². The van der Waals surface area contributed by atoms with Crippen LogP contribution in [-0.2, 0) is 4.57 Å². The highest BCUT2D eigenvalue weighted by Gasteiger charge is 2.43. The van der Waals surface area contributed by atoms with E-state index in [4.69, 9.17) is 9.47 Å². The molecule has 0 unspecified atom stereocenters. The lowest BCUT2D eigenvalue weighted by molar-refractivity contribution is 0.0821. The van der Waals surface area contributed by atoms with Gasteiger partial charge in [-0.1, -0.05) is 18.9 Å². The Morgan fingerprint density at radius 2 is 1.75 bits per heavy atom. The van der Waals surface area contributed by atoms with Crippen molar-refractivity contribution < 1.29 is 18.8 Å². The van der Waals surface area contributed by atoms with Crippen molar-refractivity contribution in [1.82, 2.24) is 0 Å². The average Bonchev–Trinajstić information content (AvgIpc) is 2.95. The monoisotopic (exact) mass is 294 g/mol. The van der Waals surface area contributed by atoms with Crippen LogP contribution in [0.1, 0.15) is 36.0 Å². The molecule has 0 atom stereocenters. The molecular formula is C15H19O4P. The number of rotatable bonds is 6. The van der Waals surface area contributed by atoms with Gasteiger partial charge in [0.1, 0.15) is 17.1 Å². The molecule has 1 aliphatic rings. The Hall–Kier alpha value is -1.41. The second-order valence-electron chi connectivity index (χ2n) is 5.14. The number of ketones is 1. The number of carbonyl (C=O) groups is 1. The predicted molar refractivity (Wildman–Crippen MR) is 77.3 cm³/mol. The van der Waals surface area contributed by atoms with Gasteiger partial charge in [-0.3, -0.25) is 9.36 Å². The van der Waals surface area contributed by atoms with E-state index in [1.165, 1.54) is 0 Å². The van der Waals surface area contributed by atoms with Crippen LogP contribution in [0, 0.1) is 5.41 Å². The molecule has 0 heterocycles. The van der Waals surface area contributed by atoms with Crippen LogP contribution in [0.15, 0.2) is 18.2 Å². The fourth-order valence-corrected chi connectivity index (χ4v) is 3.68. The molecule has 0 N–H and O–H groups in total. The second kappa shape index (κ2) is 6.36. The van der Waals surface area contributed by atoms with Gasteiger partial charge in [0.15, 0.2) is 14.2 Å². The SMILES string of the molecule is COc1cccc(OC)c1C(=O)C1(CP=O)CCCC1. The van der Waals surface area contributed by atoms with E-state index >= 15 is 0 Å². The van der Waals surface area contributed by atoms with Gasteiger partial charge in [0.2, 0.25) is 0 Å². The topological polar surface area (TPSA) is 52.6 Å². The third-order valence-corrected chi connectivity index (χ3v) is 4.80. The molecule has 1 aliphatic carbocycles. The van der Waals surface area contributed by atoms with Gasteiger partial charge in [0.05, 0.1) is 14.2 Å². The maximum absolute atomic E-state index is 13.0. The molecule has 0 radical (unpaired) electrons. The lowest BCUT2D eigenvalue weighted by atomic mass is 9.80. The van der Waals surface area contributed by atoms with E-state index in [0.717, 1.165) is 25.7 Å². The first kappa shape index (κ1) is 15.0. The first-order valence-corrected chi connectivity index (χ1v) is 7.73. The Labute approximate surface area is 120 Å². The fraction of sp³-hybridized carbons (Fsp3) is 0.533. The highest BCUT2D eigenvalue weighted by Crippen LogP contribution is 2.46. The summed E-state index contributed by atoms with van der Waals surface area (Å²) in [4.78, 5) is 13.0. The van der Waals surface area contributed by atoms with Crippen LogP contribution < -0.4 is 9.47 Å². The van der Waals surface area contributed by atoms with Gasteiger partial charge >= 0.3 is 0 Å². The van der Waals surface area contributed by atoms with E-state index in [9.17, 15) is 9.36 Å². The van der Waals surface area contributed by atoms with Crippen molar-refractivity contribution in [2.75, 3.05) is 20.4 Å². The summed E-state index contributed by atoms with van der Waals surface area (Å²) in [7, 11) is 3.10. The minimum absolute atomic E-state index is 0.00681. The Morgan fingerprint density at radius 3 is 2.20 bits per heavy atom. The molecular weight excluding hydrogens is 275 g/mol. The van der Waals surface area contributed by atoms with Gasteiger partial charge in [0.25, 0.3) is 0 Å². The first-order chi connectivity index (χ1) is 9.68. The molecule has 0 spiro atoms. The number of benzene rings is 1. The molecule has 1 saturated carbocycles. The number of Topliss-reactive ketones (excluding diaryl/α,β-unsaturated/α-hetero) is 1. The summed E-state index contributed by atoms with van der Waals surface area (Å²) >= 11 is 0. The van der Waals surface area contributed by atoms with E-state index in [0.29, 0.717) is 23.2 Å². The van der Waals surface area contributed by atoms with Crippen LogP contribution in [0.5, 0.6) is 11.5 Å². The Morgan fingerprint density at radius 1 is 1.20 bits per heavy atom. The third kappa shape index (κ3) is 2.57. The highest BCUT2D eigenvalue weighted by molar-refractivity contribution is 7.23. The molecule has 0 amide bonds. The summed E-state index contributed by atoms with van der Waals surface area (Å²) in [6.45, 7) is 0. The second-order valence-corrected chi connectivity index (χ2v) is 5.72. The van der Waals surface area contributed by atoms with Crippen LogP contribution in [0.25, 0.3) is 0 Å². The minimum atomic E-state index is -0.536. The van der Waals surface area contributed by atoms with E-state index < -0.39 is 5.41 Å². The molecule has 0 aromatic heterocycles. The zero-order valence-electron chi connectivity index (χ0n) is 11.8. The number of ether oxygens (including phenoxy) is 2. The standard InChI is InChI=1S/C15H19O4P/c1-18-11-6-5-7-12(19-2)13(11)14(16)15(10-20-17)8-3-4-9-15/h5-7H,3-4,8-10H2,1-2H3. The van der Waals surface area contributed by atoms with Gasteiger partial charge in [-0.15, -0.1) is 0 Å². The summed E-state index contributed by atoms with van der Waals surface area (Å²) in [6.07, 6.45) is 3.93. The lowest BCUT2D eigenvalue weighted by Crippen LogP contribution is -2.30. The van der Waals surface area contributed by atoms with Crippen molar-refractivity contribution in [3.8, 4) is 11.5 Å². The predicted octanol–water partition coefficient (Wildman–Crippen LogP) is 3.74. The van der Waals surface area contributed by atoms with Crippen molar-refractivity contribution in [2.45, 2.75) is 25.7 Å². The summed E-state index contributed by atoms with van der Waals surface area (Å²) < 4.78 is 21.7. The molecule has 2 rings (SSSR count). The van der Waals surface area contributed by atoms with Crippen molar-refractivity contribution in [2.24, 2.45) is 5.41 Å². The third-order valence-electron chi connectivity index (χ3n) is 4.06. The molecule has 20 heavy (non-hydrogen) atoms. The molecule has 108 valence electrons. The van der Waals surface area contributed by atoms with Crippen molar-refractivity contribution in [3.05, 3.63) is 23.8 Å². The number of hydrogen-bond donors (Lipinski definition) is 0. The maximum atomic E-state index is 13.0. The molecule has 5 heteroatoms. The molecule has 1 aromatic rings. The molecule has 0 saturated heterocycles. The lowest BCUT2D eigenvalue weighted by Gasteiger charge is -2.26. The molecule has 1 fully saturated rings. The average molecular weight is 294 g/mol. The van der Waals surface area contributed by atoms with Gasteiger partial charge < -0.3 is 9.47 Å². The zero-order chi connectivity index (χ0) is 14.6. The Kier molecular flexibility index (Phi) is 4.77. The molecule has 4 nitrogen and oxygen atoms in total. The van der Waals surface area contributed by atoms with Crippen LogP contribution in [0.4, 0.5) is 0 Å². The quantitative estimate of drug-likeness (QED) is 0.592. The molecule has 1 aromatic carbocycles. The fourth-order valence-electron chi connectivity index (χ4n) is 2.97. The largest absolute Gasteiger partial charge is 0.496 e. The highest BCUT2D eigenvalue weighted by atomic mass is 31.1. The summed E-state index contributed by atoms with van der Waals surface area (Å²) in [6, 6.07) is 5.31. The van der Waals surface area contributed by atoms with E-state index in [-0.39, 0.29) is 14.2 Å². The van der Waals surface area contributed by atoms with E-state index in [2.05, 4.69) is 0 Å². The van der Waals surface area contributed by atoms with Crippen LogP contribution in [0.3, 0.4) is 0 Å². The summed E-state index contributed by atoms with van der Waals surface area (Å²) in [5.41, 5.74) is -0.0614. The molecule has 0 aliphatic heterocycles. The molecule has 0 bridgehead atoms. The normalized spacial score (nSPS) is 17.1. The number of carbonyl (C=O) groups excluding carboxylic acids is 1. The van der Waals surface area contributed by atoms with Crippen molar-refractivity contribution >= 4 is 14.2 Å². The minimum Gasteiger partial charge on any atom is -0.496 e. The maximum Gasteiger partial charge on any atom is 0.177 e. The smallest absolute Gasteiger partial charge is 0.177 e. The van der Waals surface area contributed by atoms with Crippen LogP contribution in [0.2, 0.25) is 0 Å². The van der Waals surface area contributed by atoms with Gasteiger partial charge in [-0.05, 0) is 25.0 Å². The van der Waals surface area contributed by atoms with Crippen molar-refractivity contribution in [3.63, 3.8) is 0 Å². The van der Waals surface area contributed by atoms with Gasteiger partial charge in [-0.25, -0.2) is 0 Å². The summed E-state index contributed by atoms with van der Waals surface area (Å²) in [5, 5.41) is 0. The van der Waals surface area contributed by atoms with Crippen LogP contribution in [-0.4, -0.2) is 26.2 Å². The van der Waals surface area contributed by atoms with Crippen molar-refractivity contribution in [1.29, 1.82) is 0 Å². The number of methoxy groups -OCH3 is 2.